The van der Waals surface area contributed by atoms with E-state index in [1.54, 1.807) is 21.0 Å². The van der Waals surface area contributed by atoms with Crippen LogP contribution in [0.2, 0.25) is 0 Å². The van der Waals surface area contributed by atoms with Crippen LogP contribution in [0.4, 0.5) is 0 Å². The summed E-state index contributed by atoms with van der Waals surface area (Å²) in [6, 6.07) is 15.5. The van der Waals surface area contributed by atoms with Crippen molar-refractivity contribution in [3.63, 3.8) is 0 Å². The van der Waals surface area contributed by atoms with Gasteiger partial charge in [-0.2, -0.15) is 0 Å². The van der Waals surface area contributed by atoms with Gasteiger partial charge in [-0.1, -0.05) is 26.0 Å². The molecule has 1 N–H and O–H groups in total. The first-order chi connectivity index (χ1) is 18.1. The number of aliphatic carboxylic acids is 1. The number of benzene rings is 3. The zero-order valence-electron chi connectivity index (χ0n) is 23.3. The number of rotatable bonds is 7. The Morgan fingerprint density at radius 1 is 0.974 bits per heavy atom. The quantitative estimate of drug-likeness (QED) is 0.320. The van der Waals surface area contributed by atoms with Gasteiger partial charge in [-0.3, -0.25) is 0 Å². The molecule has 194 valence electrons. The molecule has 0 saturated heterocycles. The zero-order chi connectivity index (χ0) is 27.2. The average molecular weight is 533 g/mol. The second kappa shape index (κ2) is 11.0. The third-order valence-electron chi connectivity index (χ3n) is 6.85. The first-order valence-corrected chi connectivity index (χ1v) is 12.4. The minimum absolute atomic E-state index is 0. The first-order valence-electron chi connectivity index (χ1n) is 12.4. The van der Waals surface area contributed by atoms with Crippen molar-refractivity contribution >= 4 is 17.0 Å². The number of hydrogen-bond acceptors (Lipinski definition) is 7. The van der Waals surface area contributed by atoms with Crippen LogP contribution < -0.4 is 39.4 Å². The van der Waals surface area contributed by atoms with Gasteiger partial charge in [0.15, 0.2) is 0 Å². The van der Waals surface area contributed by atoms with Crippen LogP contribution >= 0.6 is 0 Å². The van der Waals surface area contributed by atoms with Crippen LogP contribution in [0.25, 0.3) is 45.3 Å². The third-order valence-corrected chi connectivity index (χ3v) is 6.85. The number of carbonyl (C=O) groups excluding carboxylic acids is 1. The van der Waals surface area contributed by atoms with Crippen LogP contribution in [0.5, 0.6) is 5.75 Å². The number of hydrogen-bond donors (Lipinski definition) is 1. The molecule has 0 amide bonds. The van der Waals surface area contributed by atoms with Gasteiger partial charge in [0.1, 0.15) is 11.6 Å². The Kier molecular flexibility index (Phi) is 8.02. The van der Waals surface area contributed by atoms with Crippen LogP contribution in [-0.2, 0) is 11.2 Å². The van der Waals surface area contributed by atoms with E-state index >= 15 is 0 Å². The minimum Gasteiger partial charge on any atom is -0.550 e. The standard InChI is InChI=1S/C30H30N4O4.Na/c1-16-13-21(37-6)8-9-22(16)28-34-33-27(38-28)20-7-10-23-24(14-20)32-26(31-23)25-17(2)11-19(12-18(25)3)15-30(4,5)29(35)36;/h7-14H,15H2,1-6H3,(H,31,32)(H,35,36);/q;+1/p-1. The van der Waals surface area contributed by atoms with Crippen molar-refractivity contribution in [3.05, 3.63) is 70.8 Å². The molecule has 0 aliphatic rings. The molecular formula is C30H29N4NaO4. The van der Waals surface area contributed by atoms with Gasteiger partial charge >= 0.3 is 29.6 Å². The van der Waals surface area contributed by atoms with Crippen molar-refractivity contribution < 1.29 is 48.6 Å². The van der Waals surface area contributed by atoms with E-state index < -0.39 is 11.4 Å². The summed E-state index contributed by atoms with van der Waals surface area (Å²) in [6.45, 7) is 9.36. The molecule has 39 heavy (non-hydrogen) atoms. The Balaban J connectivity index is 0.00000353. The van der Waals surface area contributed by atoms with E-state index in [4.69, 9.17) is 14.1 Å². The number of carboxylic acids is 1. The molecule has 3 aromatic carbocycles. The summed E-state index contributed by atoms with van der Waals surface area (Å²) in [5, 5.41) is 20.0. The predicted molar refractivity (Wildman–Crippen MR) is 144 cm³/mol. The smallest absolute Gasteiger partial charge is 0.550 e. The second-order valence-corrected chi connectivity index (χ2v) is 10.4. The first kappa shape index (κ1) is 28.5. The van der Waals surface area contributed by atoms with Gasteiger partial charge in [-0.15, -0.1) is 10.2 Å². The van der Waals surface area contributed by atoms with Crippen LogP contribution in [0, 0.1) is 26.2 Å². The van der Waals surface area contributed by atoms with Crippen molar-refractivity contribution in [2.24, 2.45) is 5.41 Å². The average Bonchev–Trinajstić information content (AvgIpc) is 3.50. The molecule has 5 aromatic rings. The van der Waals surface area contributed by atoms with E-state index in [1.165, 1.54) is 0 Å². The summed E-state index contributed by atoms with van der Waals surface area (Å²) in [5.74, 6) is 1.32. The second-order valence-electron chi connectivity index (χ2n) is 10.4. The van der Waals surface area contributed by atoms with Crippen LogP contribution in [0.3, 0.4) is 0 Å². The number of nitrogens with zero attached hydrogens (tertiary/aromatic N) is 3. The molecular weight excluding hydrogens is 503 g/mol. The summed E-state index contributed by atoms with van der Waals surface area (Å²) >= 11 is 0. The van der Waals surface area contributed by atoms with Gasteiger partial charge in [0.2, 0.25) is 11.8 Å². The number of fused-ring (bicyclic) bond motifs is 1. The molecule has 9 heteroatoms. The number of nitrogens with one attached hydrogen (secondary N) is 1. The summed E-state index contributed by atoms with van der Waals surface area (Å²) in [4.78, 5) is 19.7. The van der Waals surface area contributed by atoms with Gasteiger partial charge in [-0.05, 0) is 85.8 Å². The van der Waals surface area contributed by atoms with Crippen LogP contribution in [-0.4, -0.2) is 33.2 Å². The maximum absolute atomic E-state index is 11.5. The molecule has 0 aliphatic heterocycles. The Bertz CT molecular complexity index is 1660. The number of aryl methyl sites for hydroxylation is 3. The molecule has 0 radical (unpaired) electrons. The van der Waals surface area contributed by atoms with Gasteiger partial charge in [0.25, 0.3) is 0 Å². The van der Waals surface area contributed by atoms with E-state index in [0.717, 1.165) is 61.6 Å². The van der Waals surface area contributed by atoms with E-state index in [9.17, 15) is 9.90 Å². The van der Waals surface area contributed by atoms with E-state index in [2.05, 4.69) is 15.2 Å². The molecule has 0 unspecified atom stereocenters. The van der Waals surface area contributed by atoms with Crippen LogP contribution in [0.1, 0.15) is 36.1 Å². The number of imidazole rings is 1. The maximum Gasteiger partial charge on any atom is 1.00 e. The van der Waals surface area contributed by atoms with Gasteiger partial charge in [-0.25, -0.2) is 4.98 Å². The van der Waals surface area contributed by atoms with Crippen molar-refractivity contribution in [2.75, 3.05) is 7.11 Å². The molecule has 0 fully saturated rings. The van der Waals surface area contributed by atoms with Crippen LogP contribution in [0.15, 0.2) is 52.9 Å². The zero-order valence-corrected chi connectivity index (χ0v) is 25.3. The molecule has 5 rings (SSSR count). The number of carbonyl (C=O) groups is 1. The summed E-state index contributed by atoms with van der Waals surface area (Å²) in [6.07, 6.45) is 0.392. The van der Waals surface area contributed by atoms with Crippen molar-refractivity contribution in [2.45, 2.75) is 41.0 Å². The Morgan fingerprint density at radius 2 is 1.67 bits per heavy atom. The molecule has 0 atom stereocenters. The SMILES string of the molecule is COc1ccc(-c2nnc(-c3ccc4nc(-c5c(C)cc(CC(C)(C)C(=O)[O-])cc5C)[nH]c4c3)o2)c(C)c1.[Na+]. The van der Waals surface area contributed by atoms with E-state index in [0.29, 0.717) is 18.2 Å². The topological polar surface area (TPSA) is 117 Å². The fourth-order valence-electron chi connectivity index (χ4n) is 4.82. The maximum atomic E-state index is 11.5. The molecule has 0 saturated carbocycles. The summed E-state index contributed by atoms with van der Waals surface area (Å²) in [7, 11) is 1.63. The molecule has 0 aliphatic carbocycles. The van der Waals surface area contributed by atoms with Gasteiger partial charge in [0, 0.05) is 28.1 Å². The Morgan fingerprint density at radius 3 is 2.31 bits per heavy atom. The largest absolute Gasteiger partial charge is 1.00 e. The Hall–Kier alpha value is -3.46. The number of carboxylic acid groups (broad SMARTS) is 1. The summed E-state index contributed by atoms with van der Waals surface area (Å²) in [5.41, 5.74) is 7.31. The number of ether oxygens (including phenoxy) is 1. The monoisotopic (exact) mass is 532 g/mol. The number of aromatic amines is 1. The minimum atomic E-state index is -1.06. The number of H-pyrrole nitrogens is 1. The number of methoxy groups -OCH3 is 1. The summed E-state index contributed by atoms with van der Waals surface area (Å²) < 4.78 is 11.3. The molecule has 2 heterocycles. The van der Waals surface area contributed by atoms with E-state index in [1.807, 2.05) is 69.3 Å². The number of aromatic nitrogens is 4. The predicted octanol–water partition coefficient (Wildman–Crippen LogP) is 2.20. The normalized spacial score (nSPS) is 11.4. The van der Waals surface area contributed by atoms with Crippen molar-refractivity contribution in [1.82, 2.24) is 20.2 Å². The fourth-order valence-corrected chi connectivity index (χ4v) is 4.82. The van der Waals surface area contributed by atoms with Crippen molar-refractivity contribution in [1.29, 1.82) is 0 Å². The third kappa shape index (κ3) is 5.64. The van der Waals surface area contributed by atoms with E-state index in [-0.39, 0.29) is 29.6 Å². The molecule has 0 bridgehead atoms. The molecule has 0 spiro atoms. The molecule has 8 nitrogen and oxygen atoms in total. The van der Waals surface area contributed by atoms with Crippen molar-refractivity contribution in [3.8, 4) is 40.0 Å². The van der Waals surface area contributed by atoms with Gasteiger partial charge < -0.3 is 24.0 Å². The Labute approximate surface area is 249 Å². The fraction of sp³-hybridized carbons (Fsp3) is 0.267. The molecule has 2 aromatic heterocycles. The van der Waals surface area contributed by atoms with Gasteiger partial charge in [0.05, 0.1) is 18.1 Å².